The smallest absolute Gasteiger partial charge is 0.224 e. The van der Waals surface area contributed by atoms with Crippen molar-refractivity contribution in [2.75, 3.05) is 18.5 Å². The number of rotatable bonds is 7. The SMILES string of the molecule is CCOc1ccc(NC(=O)CC2(CN)CCC2)cc1CO. The molecule has 1 aromatic rings. The first-order chi connectivity index (χ1) is 10.1. The molecule has 116 valence electrons. The second kappa shape index (κ2) is 6.91. The van der Waals surface area contributed by atoms with Gasteiger partial charge in [-0.15, -0.1) is 0 Å². The van der Waals surface area contributed by atoms with E-state index in [1.54, 1.807) is 18.2 Å². The fraction of sp³-hybridized carbons (Fsp3) is 0.562. The number of hydrogen-bond donors (Lipinski definition) is 3. The highest BCUT2D eigenvalue weighted by Crippen LogP contribution is 2.43. The molecule has 21 heavy (non-hydrogen) atoms. The first-order valence-electron chi connectivity index (χ1n) is 7.49. The summed E-state index contributed by atoms with van der Waals surface area (Å²) in [5.41, 5.74) is 7.13. The number of amides is 1. The van der Waals surface area contributed by atoms with Crippen molar-refractivity contribution in [1.29, 1.82) is 0 Å². The Bertz CT molecular complexity index is 493. The number of ether oxygens (including phenoxy) is 1. The van der Waals surface area contributed by atoms with Crippen LogP contribution in [0.2, 0.25) is 0 Å². The molecule has 1 aliphatic carbocycles. The summed E-state index contributed by atoms with van der Waals surface area (Å²) >= 11 is 0. The van der Waals surface area contributed by atoms with Crippen molar-refractivity contribution in [2.45, 2.75) is 39.2 Å². The summed E-state index contributed by atoms with van der Waals surface area (Å²) < 4.78 is 5.42. The summed E-state index contributed by atoms with van der Waals surface area (Å²) in [5.74, 6) is 0.628. The van der Waals surface area contributed by atoms with Crippen LogP contribution < -0.4 is 15.8 Å². The molecule has 1 amide bonds. The van der Waals surface area contributed by atoms with Gasteiger partial charge in [0.1, 0.15) is 5.75 Å². The first kappa shape index (κ1) is 15.8. The lowest BCUT2D eigenvalue weighted by molar-refractivity contribution is -0.119. The van der Waals surface area contributed by atoms with Crippen LogP contribution in [0.4, 0.5) is 5.69 Å². The van der Waals surface area contributed by atoms with Crippen LogP contribution in [0, 0.1) is 5.41 Å². The van der Waals surface area contributed by atoms with Crippen molar-refractivity contribution in [3.63, 3.8) is 0 Å². The number of nitrogens with two attached hydrogens (primary N) is 1. The fourth-order valence-electron chi connectivity index (χ4n) is 2.75. The van der Waals surface area contributed by atoms with E-state index in [-0.39, 0.29) is 17.9 Å². The molecule has 0 aliphatic heterocycles. The predicted octanol–water partition coefficient (Wildman–Crippen LogP) is 2.04. The van der Waals surface area contributed by atoms with Gasteiger partial charge in [0.25, 0.3) is 0 Å². The maximum atomic E-state index is 12.1. The van der Waals surface area contributed by atoms with Gasteiger partial charge in [0.15, 0.2) is 0 Å². The predicted molar refractivity (Wildman–Crippen MR) is 82.1 cm³/mol. The van der Waals surface area contributed by atoms with Gasteiger partial charge >= 0.3 is 0 Å². The van der Waals surface area contributed by atoms with Crippen molar-refractivity contribution in [3.05, 3.63) is 23.8 Å². The van der Waals surface area contributed by atoms with Gasteiger partial charge in [-0.25, -0.2) is 0 Å². The Balaban J connectivity index is 2.00. The monoisotopic (exact) mass is 292 g/mol. The average molecular weight is 292 g/mol. The molecule has 0 radical (unpaired) electrons. The van der Waals surface area contributed by atoms with Crippen molar-refractivity contribution in [2.24, 2.45) is 11.1 Å². The van der Waals surface area contributed by atoms with Crippen molar-refractivity contribution in [3.8, 4) is 5.75 Å². The number of anilines is 1. The number of nitrogens with one attached hydrogen (secondary N) is 1. The Morgan fingerprint density at radius 3 is 2.76 bits per heavy atom. The van der Waals surface area contributed by atoms with E-state index in [4.69, 9.17) is 10.5 Å². The average Bonchev–Trinajstić information content (AvgIpc) is 2.44. The minimum atomic E-state index is -0.119. The van der Waals surface area contributed by atoms with Crippen molar-refractivity contribution in [1.82, 2.24) is 0 Å². The molecule has 0 bridgehead atoms. The van der Waals surface area contributed by atoms with Crippen LogP contribution in [0.25, 0.3) is 0 Å². The molecule has 0 unspecified atom stereocenters. The molecule has 0 aromatic heterocycles. The Kier molecular flexibility index (Phi) is 5.20. The highest BCUT2D eigenvalue weighted by atomic mass is 16.5. The zero-order chi connectivity index (χ0) is 15.3. The van der Waals surface area contributed by atoms with Crippen LogP contribution in [-0.2, 0) is 11.4 Å². The normalized spacial score (nSPS) is 16.1. The van der Waals surface area contributed by atoms with Crippen LogP contribution in [0.3, 0.4) is 0 Å². The second-order valence-corrected chi connectivity index (χ2v) is 5.70. The largest absolute Gasteiger partial charge is 0.494 e. The third kappa shape index (κ3) is 3.74. The minimum absolute atomic E-state index is 0.00481. The molecule has 0 saturated heterocycles. The third-order valence-electron chi connectivity index (χ3n) is 4.20. The van der Waals surface area contributed by atoms with E-state index in [1.807, 2.05) is 6.92 Å². The molecule has 4 N–H and O–H groups in total. The zero-order valence-electron chi connectivity index (χ0n) is 12.5. The first-order valence-corrected chi connectivity index (χ1v) is 7.49. The lowest BCUT2D eigenvalue weighted by atomic mass is 9.66. The quantitative estimate of drug-likeness (QED) is 0.718. The van der Waals surface area contributed by atoms with Crippen LogP contribution in [0.1, 0.15) is 38.2 Å². The maximum Gasteiger partial charge on any atom is 0.224 e. The van der Waals surface area contributed by atoms with E-state index in [0.717, 1.165) is 19.3 Å². The lowest BCUT2D eigenvalue weighted by Gasteiger charge is -2.40. The molecule has 2 rings (SSSR count). The number of aliphatic hydroxyl groups is 1. The standard InChI is InChI=1S/C16H24N2O3/c1-2-21-14-5-4-13(8-12(14)10-19)18-15(20)9-16(11-17)6-3-7-16/h4-5,8,19H,2-3,6-7,9-11,17H2,1H3,(H,18,20). The van der Waals surface area contributed by atoms with Gasteiger partial charge in [0.05, 0.1) is 13.2 Å². The Labute approximate surface area is 125 Å². The van der Waals surface area contributed by atoms with E-state index in [0.29, 0.717) is 36.6 Å². The summed E-state index contributed by atoms with van der Waals surface area (Å²) in [6.45, 7) is 2.87. The lowest BCUT2D eigenvalue weighted by Crippen LogP contribution is -2.40. The number of carbonyl (C=O) groups is 1. The van der Waals surface area contributed by atoms with Crippen LogP contribution in [-0.4, -0.2) is 24.2 Å². The number of benzene rings is 1. The van der Waals surface area contributed by atoms with E-state index in [1.165, 1.54) is 0 Å². The summed E-state index contributed by atoms with van der Waals surface area (Å²) in [7, 11) is 0. The van der Waals surface area contributed by atoms with Crippen LogP contribution in [0.5, 0.6) is 5.75 Å². The van der Waals surface area contributed by atoms with Crippen LogP contribution in [0.15, 0.2) is 18.2 Å². The Hall–Kier alpha value is -1.59. The number of aliphatic hydroxyl groups excluding tert-OH is 1. The van der Waals surface area contributed by atoms with E-state index in [2.05, 4.69) is 5.32 Å². The van der Waals surface area contributed by atoms with Gasteiger partial charge in [-0.3, -0.25) is 4.79 Å². The van der Waals surface area contributed by atoms with Gasteiger partial charge in [0.2, 0.25) is 5.91 Å². The van der Waals surface area contributed by atoms with E-state index >= 15 is 0 Å². The third-order valence-corrected chi connectivity index (χ3v) is 4.20. The molecule has 5 nitrogen and oxygen atoms in total. The minimum Gasteiger partial charge on any atom is -0.494 e. The molecular formula is C16H24N2O3. The highest BCUT2D eigenvalue weighted by Gasteiger charge is 2.37. The molecule has 0 heterocycles. The van der Waals surface area contributed by atoms with Crippen molar-refractivity contribution < 1.29 is 14.6 Å². The molecule has 1 aliphatic rings. The molecule has 1 fully saturated rings. The van der Waals surface area contributed by atoms with Crippen LogP contribution >= 0.6 is 0 Å². The molecular weight excluding hydrogens is 268 g/mol. The second-order valence-electron chi connectivity index (χ2n) is 5.70. The Morgan fingerprint density at radius 1 is 1.48 bits per heavy atom. The molecule has 1 aromatic carbocycles. The maximum absolute atomic E-state index is 12.1. The van der Waals surface area contributed by atoms with Gasteiger partial charge in [-0.1, -0.05) is 6.42 Å². The fourth-order valence-corrected chi connectivity index (χ4v) is 2.75. The van der Waals surface area contributed by atoms with E-state index < -0.39 is 0 Å². The summed E-state index contributed by atoms with van der Waals surface area (Å²) in [5, 5.41) is 12.2. The summed E-state index contributed by atoms with van der Waals surface area (Å²) in [4.78, 5) is 12.1. The molecule has 0 atom stereocenters. The molecule has 5 heteroatoms. The Morgan fingerprint density at radius 2 is 2.24 bits per heavy atom. The summed E-state index contributed by atoms with van der Waals surface area (Å²) in [6, 6.07) is 5.31. The summed E-state index contributed by atoms with van der Waals surface area (Å²) in [6.07, 6.45) is 3.68. The highest BCUT2D eigenvalue weighted by molar-refractivity contribution is 5.91. The topological polar surface area (TPSA) is 84.6 Å². The van der Waals surface area contributed by atoms with Gasteiger partial charge in [-0.05, 0) is 49.9 Å². The van der Waals surface area contributed by atoms with E-state index in [9.17, 15) is 9.90 Å². The zero-order valence-corrected chi connectivity index (χ0v) is 12.5. The number of hydrogen-bond acceptors (Lipinski definition) is 4. The van der Waals surface area contributed by atoms with Crippen molar-refractivity contribution >= 4 is 11.6 Å². The number of carbonyl (C=O) groups excluding carboxylic acids is 1. The van der Waals surface area contributed by atoms with Gasteiger partial charge in [-0.2, -0.15) is 0 Å². The van der Waals surface area contributed by atoms with Gasteiger partial charge < -0.3 is 20.9 Å². The molecule has 0 spiro atoms. The molecule has 1 saturated carbocycles. The van der Waals surface area contributed by atoms with Gasteiger partial charge in [0, 0.05) is 17.7 Å².